The number of alkyl halides is 3. The third-order valence-electron chi connectivity index (χ3n) is 8.74. The van der Waals surface area contributed by atoms with Gasteiger partial charge in [0.25, 0.3) is 5.79 Å². The lowest BCUT2D eigenvalue weighted by atomic mass is 9.91. The summed E-state index contributed by atoms with van der Waals surface area (Å²) in [4.78, 5) is 14.7. The highest BCUT2D eigenvalue weighted by Gasteiger charge is 2.64. The molecule has 0 saturated heterocycles. The molecule has 56 heavy (non-hydrogen) atoms. The largest absolute Gasteiger partial charge is 0.492 e. The van der Waals surface area contributed by atoms with Crippen molar-refractivity contribution in [1.29, 1.82) is 0 Å². The van der Waals surface area contributed by atoms with E-state index in [4.69, 9.17) is 46.6 Å². The molecule has 0 fully saturated rings. The molecule has 4 aromatic carbocycles. The zero-order chi connectivity index (χ0) is 41.3. The molecule has 4 rings (SSSR count). The molecule has 0 aromatic heterocycles. The zero-order valence-electron chi connectivity index (χ0n) is 33.2. The van der Waals surface area contributed by atoms with Crippen LogP contribution in [0.15, 0.2) is 97.1 Å². The van der Waals surface area contributed by atoms with Gasteiger partial charge in [0.15, 0.2) is 8.32 Å². The van der Waals surface area contributed by atoms with Gasteiger partial charge in [0.05, 0.1) is 12.2 Å². The third-order valence-corrected chi connectivity index (χ3v) is 10.2. The summed E-state index contributed by atoms with van der Waals surface area (Å²) in [5.74, 6) is -2.90. The van der Waals surface area contributed by atoms with Gasteiger partial charge in [-0.3, -0.25) is 0 Å². The molecule has 7 nitrogen and oxygen atoms in total. The summed E-state index contributed by atoms with van der Waals surface area (Å²) in [6.07, 6.45) is -6.68. The maximum atomic E-state index is 15.0. The Morgan fingerprint density at radius 3 is 1.77 bits per heavy atom. The monoisotopic (exact) mass is 833 g/mol. The number of halogens is 5. The first-order valence-corrected chi connectivity index (χ1v) is 22.5. The summed E-state index contributed by atoms with van der Waals surface area (Å²) in [5.41, 5.74) is 3.01. The molecule has 0 N–H and O–H groups in total. The zero-order valence-corrected chi connectivity index (χ0v) is 35.7. The van der Waals surface area contributed by atoms with Gasteiger partial charge in [-0.25, -0.2) is 4.79 Å². The van der Waals surface area contributed by atoms with E-state index in [9.17, 15) is 4.79 Å². The number of benzene rings is 4. The molecule has 2 unspecified atom stereocenters. The van der Waals surface area contributed by atoms with Crippen LogP contribution >= 0.6 is 23.2 Å². The van der Waals surface area contributed by atoms with E-state index in [0.29, 0.717) is 52.2 Å². The highest BCUT2D eigenvalue weighted by Crippen LogP contribution is 2.42. The van der Waals surface area contributed by atoms with E-state index in [0.717, 1.165) is 18.2 Å². The van der Waals surface area contributed by atoms with Crippen molar-refractivity contribution < 1.29 is 41.3 Å². The van der Waals surface area contributed by atoms with Gasteiger partial charge < -0.3 is 28.3 Å². The highest BCUT2D eigenvalue weighted by atomic mass is 35.5. The molecule has 0 spiro atoms. The van der Waals surface area contributed by atoms with Crippen LogP contribution in [0.5, 0.6) is 5.75 Å². The van der Waals surface area contributed by atoms with Crippen LogP contribution in [-0.4, -0.2) is 76.7 Å². The first-order chi connectivity index (χ1) is 26.2. The van der Waals surface area contributed by atoms with Crippen LogP contribution < -0.4 is 4.74 Å². The lowest BCUT2D eigenvalue weighted by Gasteiger charge is -2.43. The summed E-state index contributed by atoms with van der Waals surface area (Å²) >= 11 is 12.3. The van der Waals surface area contributed by atoms with E-state index < -0.39 is 38.0 Å². The third kappa shape index (κ3) is 13.3. The van der Waals surface area contributed by atoms with Gasteiger partial charge in [0, 0.05) is 42.6 Å². The van der Waals surface area contributed by atoms with E-state index in [1.165, 1.54) is 0 Å². The molecule has 0 amide bonds. The summed E-state index contributed by atoms with van der Waals surface area (Å²) in [7, 11) is 0.157. The Kier molecular flexibility index (Phi) is 15.6. The molecule has 0 aliphatic carbocycles. The first kappa shape index (κ1) is 45.3. The number of likely N-dealkylation sites (N-methyl/N-ethyl adjacent to an activating group) is 1. The van der Waals surface area contributed by atoms with E-state index in [1.54, 1.807) is 88.9 Å². The van der Waals surface area contributed by atoms with E-state index in [2.05, 4.69) is 4.90 Å². The first-order valence-electron chi connectivity index (χ1n) is 18.3. The van der Waals surface area contributed by atoms with Gasteiger partial charge in [-0.2, -0.15) is 13.2 Å². The lowest BCUT2D eigenvalue weighted by Crippen LogP contribution is -2.63. The molecular formula is C43H52Cl2F3NO6Si. The summed E-state index contributed by atoms with van der Waals surface area (Å²) in [6.45, 7) is 11.8. The highest BCUT2D eigenvalue weighted by molar-refractivity contribution is 6.69. The lowest BCUT2D eigenvalue weighted by molar-refractivity contribution is -0.382. The van der Waals surface area contributed by atoms with Crippen LogP contribution in [0.25, 0.3) is 0 Å². The van der Waals surface area contributed by atoms with Crippen molar-refractivity contribution in [3.8, 4) is 5.75 Å². The van der Waals surface area contributed by atoms with Crippen LogP contribution in [0, 0.1) is 0 Å². The molecule has 4 aromatic rings. The summed E-state index contributed by atoms with van der Waals surface area (Å²) in [5, 5.41) is 1.34. The van der Waals surface area contributed by atoms with Gasteiger partial charge in [0.2, 0.25) is 0 Å². The minimum atomic E-state index is -4.93. The number of rotatable bonds is 18. The summed E-state index contributed by atoms with van der Waals surface area (Å²) < 4.78 is 73.7. The van der Waals surface area contributed by atoms with Crippen LogP contribution in [0.2, 0.25) is 29.7 Å². The Morgan fingerprint density at radius 1 is 0.786 bits per heavy atom. The van der Waals surface area contributed by atoms with Gasteiger partial charge in [-0.15, -0.1) is 0 Å². The van der Waals surface area contributed by atoms with Crippen molar-refractivity contribution in [2.45, 2.75) is 83.0 Å². The average molecular weight is 835 g/mol. The molecule has 0 saturated carbocycles. The predicted octanol–water partition coefficient (Wildman–Crippen LogP) is 11.0. The molecular weight excluding hydrogens is 782 g/mol. The van der Waals surface area contributed by atoms with Gasteiger partial charge in [-0.05, 0) is 118 Å². The fourth-order valence-corrected chi connectivity index (χ4v) is 7.57. The molecule has 13 heteroatoms. The Labute approximate surface area is 340 Å². The Bertz CT molecular complexity index is 1790. The maximum Gasteiger partial charge on any atom is 0.445 e. The van der Waals surface area contributed by atoms with Crippen LogP contribution in [-0.2, 0) is 31.7 Å². The molecule has 0 aliphatic rings. The van der Waals surface area contributed by atoms with Crippen molar-refractivity contribution in [1.82, 2.24) is 4.90 Å². The summed E-state index contributed by atoms with van der Waals surface area (Å²) in [6, 6.07) is 28.9. The number of carbonyl (C=O) groups excluding carboxylic acids is 1. The second-order valence-corrected chi connectivity index (χ2v) is 21.0. The van der Waals surface area contributed by atoms with E-state index in [1.807, 2.05) is 55.6 Å². The molecule has 0 aliphatic heterocycles. The predicted molar refractivity (Wildman–Crippen MR) is 218 cm³/mol. The molecule has 304 valence electrons. The van der Waals surface area contributed by atoms with Crippen LogP contribution in [0.1, 0.15) is 59.3 Å². The number of carbonyl (C=O) groups is 1. The van der Waals surface area contributed by atoms with Gasteiger partial charge in [-0.1, -0.05) is 71.7 Å². The van der Waals surface area contributed by atoms with Crippen molar-refractivity contribution >= 4 is 37.5 Å². The van der Waals surface area contributed by atoms with Crippen molar-refractivity contribution in [3.63, 3.8) is 0 Å². The van der Waals surface area contributed by atoms with E-state index >= 15 is 13.2 Å². The topological polar surface area (TPSA) is 66.5 Å². The van der Waals surface area contributed by atoms with Gasteiger partial charge in [0.1, 0.15) is 24.1 Å². The standard InChI is InChI=1S/C43H52Cl2F3NO6Si/c1-41(2,3)54-40(50)34-13-9-31(10-14-34)29-53-39(42(51-5,43(46,47)48)55-56(6,7)8)27-30-11-23-37(24-12-30)52-26-25-49(4)28-38(32-15-19-35(44)20-16-32)33-17-21-36(45)22-18-33/h9-24,38-39H,25-29H2,1-8H3. The van der Waals surface area contributed by atoms with Crippen molar-refractivity contribution in [2.24, 2.45) is 0 Å². The number of esters is 1. The molecule has 0 radical (unpaired) electrons. The number of ether oxygens (including phenoxy) is 4. The Balaban J connectivity index is 1.45. The fourth-order valence-electron chi connectivity index (χ4n) is 6.08. The van der Waals surface area contributed by atoms with Gasteiger partial charge >= 0.3 is 12.1 Å². The number of hydrogen-bond acceptors (Lipinski definition) is 7. The maximum absolute atomic E-state index is 15.0. The van der Waals surface area contributed by atoms with Crippen molar-refractivity contribution in [2.75, 3.05) is 33.9 Å². The number of nitrogens with zero attached hydrogens (tertiary/aromatic N) is 1. The molecule has 0 heterocycles. The normalized spacial score (nSPS) is 14.1. The van der Waals surface area contributed by atoms with E-state index in [-0.39, 0.29) is 18.9 Å². The number of methoxy groups -OCH3 is 1. The van der Waals surface area contributed by atoms with Crippen molar-refractivity contribution in [3.05, 3.63) is 135 Å². The smallest absolute Gasteiger partial charge is 0.445 e. The molecule has 0 bridgehead atoms. The van der Waals surface area contributed by atoms with Crippen LogP contribution in [0.3, 0.4) is 0 Å². The average Bonchev–Trinajstić information content (AvgIpc) is 3.11. The molecule has 2 atom stereocenters. The fraction of sp³-hybridized carbons (Fsp3) is 0.419. The quantitative estimate of drug-likeness (QED) is 0.0562. The Hall–Kier alpha value is -3.42. The Morgan fingerprint density at radius 2 is 1.30 bits per heavy atom. The minimum absolute atomic E-state index is 0.0708. The second-order valence-electron chi connectivity index (χ2n) is 15.7. The minimum Gasteiger partial charge on any atom is -0.492 e. The number of hydrogen-bond donors (Lipinski definition) is 0. The SMILES string of the molecule is COC(O[Si](C)(C)C)(C(Cc1ccc(OCCN(C)CC(c2ccc(Cl)cc2)c2ccc(Cl)cc2)cc1)OCc1ccc(C(=O)OC(C)(C)C)cc1)C(F)(F)F. The van der Waals surface area contributed by atoms with Crippen LogP contribution in [0.4, 0.5) is 13.2 Å². The second kappa shape index (κ2) is 19.3.